The maximum atomic E-state index is 12.9. The Kier molecular flexibility index (Phi) is 15.1. The van der Waals surface area contributed by atoms with Crippen LogP contribution in [-0.2, 0) is 33.6 Å². The summed E-state index contributed by atoms with van der Waals surface area (Å²) < 4.78 is 0. The molecule has 5 unspecified atom stereocenters. The zero-order valence-corrected chi connectivity index (χ0v) is 20.6. The molecule has 37 heavy (non-hydrogen) atoms. The second kappa shape index (κ2) is 16.8. The molecule has 16 nitrogen and oxygen atoms in total. The van der Waals surface area contributed by atoms with Crippen LogP contribution in [0.2, 0.25) is 0 Å². The number of amides is 3. The van der Waals surface area contributed by atoms with Crippen LogP contribution in [0.15, 0.2) is 0 Å². The molecule has 210 valence electrons. The highest BCUT2D eigenvalue weighted by Crippen LogP contribution is 2.10. The van der Waals surface area contributed by atoms with Gasteiger partial charge in [0.15, 0.2) is 0 Å². The first-order chi connectivity index (χ1) is 17.2. The van der Waals surface area contributed by atoms with E-state index in [4.69, 9.17) is 21.2 Å². The molecule has 0 aliphatic heterocycles. The van der Waals surface area contributed by atoms with E-state index in [0.29, 0.717) is 6.42 Å². The van der Waals surface area contributed by atoms with Crippen molar-refractivity contribution in [1.29, 1.82) is 0 Å². The molecule has 5 atom stereocenters. The van der Waals surface area contributed by atoms with Crippen molar-refractivity contribution in [1.82, 2.24) is 21.4 Å². The molecular formula is C21H35N5O11. The lowest BCUT2D eigenvalue weighted by atomic mass is 9.98. The Morgan fingerprint density at radius 2 is 1.00 bits per heavy atom. The number of hydrogen-bond donors (Lipinski definition) is 9. The zero-order valence-electron chi connectivity index (χ0n) is 20.6. The summed E-state index contributed by atoms with van der Waals surface area (Å²) in [4.78, 5) is 82.7. The fraction of sp³-hybridized carbons (Fsp3) is 0.667. The highest BCUT2D eigenvalue weighted by Gasteiger charge is 2.32. The van der Waals surface area contributed by atoms with Crippen LogP contribution in [0.1, 0.15) is 58.8 Å². The van der Waals surface area contributed by atoms with E-state index in [1.807, 2.05) is 0 Å². The quantitative estimate of drug-likeness (QED) is 0.0642. The van der Waals surface area contributed by atoms with Gasteiger partial charge in [0.2, 0.25) is 17.7 Å². The molecule has 10 N–H and O–H groups in total. The standard InChI is InChI=1S/C21H35N5O11/c1-3-10(2)17(21(36)37)25-19(34)12(5-8-15(29)30)23-18(33)11(4-7-14(27)28)24-20(35)13(26-22)6-9-16(31)32/h10-13,17,26H,3-9,22H2,1-2H3,(H,23,33)(H,24,35)(H,25,34)(H,27,28)(H,29,30)(H,31,32)(H,36,37). The molecule has 0 bridgehead atoms. The molecule has 0 radical (unpaired) electrons. The summed E-state index contributed by atoms with van der Waals surface area (Å²) in [5, 5.41) is 43.0. The number of carbonyl (C=O) groups excluding carboxylic acids is 3. The van der Waals surface area contributed by atoms with Crippen molar-refractivity contribution in [2.24, 2.45) is 11.8 Å². The first kappa shape index (κ1) is 33.2. The van der Waals surface area contributed by atoms with E-state index in [9.17, 15) is 38.7 Å². The lowest BCUT2D eigenvalue weighted by molar-refractivity contribution is -0.144. The summed E-state index contributed by atoms with van der Waals surface area (Å²) in [6, 6.07) is -5.60. The van der Waals surface area contributed by atoms with E-state index in [1.54, 1.807) is 13.8 Å². The monoisotopic (exact) mass is 533 g/mol. The SMILES string of the molecule is CCC(C)C(NC(=O)C(CCC(=O)O)NC(=O)C(CCC(=O)O)NC(=O)C(CCC(=O)O)NN)C(=O)O. The van der Waals surface area contributed by atoms with Gasteiger partial charge in [-0.25, -0.2) is 10.2 Å². The average Bonchev–Trinajstić information content (AvgIpc) is 2.81. The molecule has 3 amide bonds. The van der Waals surface area contributed by atoms with Crippen LogP contribution >= 0.6 is 0 Å². The third kappa shape index (κ3) is 13.2. The normalized spacial score (nSPS) is 14.8. The lowest BCUT2D eigenvalue weighted by Crippen LogP contribution is -2.58. The first-order valence-electron chi connectivity index (χ1n) is 11.5. The molecule has 0 heterocycles. The molecule has 0 aliphatic carbocycles. The minimum Gasteiger partial charge on any atom is -0.481 e. The van der Waals surface area contributed by atoms with Crippen LogP contribution in [0.3, 0.4) is 0 Å². The topological polar surface area (TPSA) is 275 Å². The summed E-state index contributed by atoms with van der Waals surface area (Å²) >= 11 is 0. The van der Waals surface area contributed by atoms with Gasteiger partial charge in [-0.3, -0.25) is 34.6 Å². The maximum Gasteiger partial charge on any atom is 0.326 e. The van der Waals surface area contributed by atoms with Gasteiger partial charge in [-0.15, -0.1) is 0 Å². The van der Waals surface area contributed by atoms with Crippen molar-refractivity contribution in [2.45, 2.75) is 83.0 Å². The van der Waals surface area contributed by atoms with Crippen molar-refractivity contribution >= 4 is 41.6 Å². The third-order valence-electron chi connectivity index (χ3n) is 5.50. The maximum absolute atomic E-state index is 12.9. The number of carboxylic acid groups (broad SMARTS) is 4. The van der Waals surface area contributed by atoms with E-state index in [1.165, 1.54) is 0 Å². The number of hydrogen-bond acceptors (Lipinski definition) is 9. The number of rotatable bonds is 19. The van der Waals surface area contributed by atoms with E-state index in [0.717, 1.165) is 0 Å². The van der Waals surface area contributed by atoms with Crippen LogP contribution in [-0.4, -0.2) is 86.2 Å². The molecule has 0 spiro atoms. The van der Waals surface area contributed by atoms with Crippen LogP contribution in [0, 0.1) is 5.92 Å². The number of carboxylic acids is 4. The molecule has 0 aromatic carbocycles. The van der Waals surface area contributed by atoms with Gasteiger partial charge in [0.1, 0.15) is 24.2 Å². The van der Waals surface area contributed by atoms with E-state index < -0.39 is 104 Å². The van der Waals surface area contributed by atoms with Crippen molar-refractivity contribution in [3.8, 4) is 0 Å². The summed E-state index contributed by atoms with van der Waals surface area (Å²) in [6.45, 7) is 3.28. The summed E-state index contributed by atoms with van der Waals surface area (Å²) in [6.07, 6.45) is -2.29. The number of aliphatic carboxylic acids is 4. The van der Waals surface area contributed by atoms with Crippen LogP contribution in [0.4, 0.5) is 0 Å². The zero-order chi connectivity index (χ0) is 28.7. The summed E-state index contributed by atoms with van der Waals surface area (Å²) in [7, 11) is 0. The molecule has 0 aromatic heterocycles. The Morgan fingerprint density at radius 1 is 0.649 bits per heavy atom. The molecular weight excluding hydrogens is 498 g/mol. The fourth-order valence-electron chi connectivity index (χ4n) is 3.11. The number of carbonyl (C=O) groups is 7. The summed E-state index contributed by atoms with van der Waals surface area (Å²) in [5.41, 5.74) is 2.10. The minimum absolute atomic E-state index is 0.249. The second-order valence-electron chi connectivity index (χ2n) is 8.35. The van der Waals surface area contributed by atoms with Crippen molar-refractivity contribution < 1.29 is 54.0 Å². The second-order valence-corrected chi connectivity index (χ2v) is 8.35. The Hall–Kier alpha value is -3.79. The molecule has 16 heteroatoms. The number of hydrazine groups is 1. The largest absolute Gasteiger partial charge is 0.481 e. The fourth-order valence-corrected chi connectivity index (χ4v) is 3.11. The Morgan fingerprint density at radius 3 is 1.32 bits per heavy atom. The van der Waals surface area contributed by atoms with Gasteiger partial charge in [0.25, 0.3) is 0 Å². The van der Waals surface area contributed by atoms with Gasteiger partial charge in [0, 0.05) is 19.3 Å². The van der Waals surface area contributed by atoms with Crippen molar-refractivity contribution in [3.05, 3.63) is 0 Å². The van der Waals surface area contributed by atoms with Crippen LogP contribution in [0.5, 0.6) is 0 Å². The van der Waals surface area contributed by atoms with Gasteiger partial charge < -0.3 is 36.4 Å². The number of nitrogens with one attached hydrogen (secondary N) is 4. The van der Waals surface area contributed by atoms with Gasteiger partial charge in [-0.2, -0.15) is 0 Å². The first-order valence-corrected chi connectivity index (χ1v) is 11.5. The smallest absolute Gasteiger partial charge is 0.326 e. The van der Waals surface area contributed by atoms with Crippen molar-refractivity contribution in [3.63, 3.8) is 0 Å². The van der Waals surface area contributed by atoms with E-state index in [2.05, 4.69) is 21.4 Å². The third-order valence-corrected chi connectivity index (χ3v) is 5.50. The Balaban J connectivity index is 5.76. The molecule has 0 aliphatic rings. The van der Waals surface area contributed by atoms with Crippen LogP contribution in [0.25, 0.3) is 0 Å². The Labute approximate surface area is 212 Å². The lowest BCUT2D eigenvalue weighted by Gasteiger charge is -2.26. The predicted octanol–water partition coefficient (Wildman–Crippen LogP) is -2.00. The highest BCUT2D eigenvalue weighted by atomic mass is 16.4. The van der Waals surface area contributed by atoms with Crippen molar-refractivity contribution in [2.75, 3.05) is 0 Å². The van der Waals surface area contributed by atoms with E-state index >= 15 is 0 Å². The summed E-state index contributed by atoms with van der Waals surface area (Å²) in [5.74, 6) is -3.29. The minimum atomic E-state index is -1.52. The van der Waals surface area contributed by atoms with E-state index in [-0.39, 0.29) is 6.42 Å². The highest BCUT2D eigenvalue weighted by molar-refractivity contribution is 5.94. The molecule has 0 fully saturated rings. The van der Waals surface area contributed by atoms with Crippen LogP contribution < -0.4 is 27.2 Å². The molecule has 0 aromatic rings. The molecule has 0 rings (SSSR count). The van der Waals surface area contributed by atoms with Gasteiger partial charge >= 0.3 is 23.9 Å². The molecule has 0 saturated carbocycles. The molecule has 0 saturated heterocycles. The Bertz CT molecular complexity index is 851. The average molecular weight is 534 g/mol. The van der Waals surface area contributed by atoms with Gasteiger partial charge in [0.05, 0.1) is 0 Å². The van der Waals surface area contributed by atoms with Gasteiger partial charge in [-0.05, 0) is 25.2 Å². The number of nitrogens with two attached hydrogens (primary N) is 1. The predicted molar refractivity (Wildman–Crippen MR) is 125 cm³/mol. The van der Waals surface area contributed by atoms with Gasteiger partial charge in [-0.1, -0.05) is 20.3 Å².